The summed E-state index contributed by atoms with van der Waals surface area (Å²) in [5.41, 5.74) is 0.631. The molecule has 1 aliphatic heterocycles. The van der Waals surface area contributed by atoms with Gasteiger partial charge < -0.3 is 9.32 Å². The zero-order valence-electron chi connectivity index (χ0n) is 15.6. The van der Waals surface area contributed by atoms with Gasteiger partial charge in [-0.2, -0.15) is 4.98 Å². The predicted octanol–water partition coefficient (Wildman–Crippen LogP) is 5.35. The van der Waals surface area contributed by atoms with E-state index in [0.29, 0.717) is 23.7 Å². The number of hydrogen-bond donors (Lipinski definition) is 0. The SMILES string of the molecule is O=S(=O)(c1ccc(F)cc1)c1nc(-c2ccc(Cl)cc2)oc1N1CCCCCC1. The molecule has 4 rings (SSSR count). The van der Waals surface area contributed by atoms with Crippen LogP contribution < -0.4 is 4.90 Å². The molecule has 29 heavy (non-hydrogen) atoms. The van der Waals surface area contributed by atoms with Gasteiger partial charge in [-0.1, -0.05) is 24.4 Å². The number of halogens is 2. The van der Waals surface area contributed by atoms with Crippen LogP contribution in [0.2, 0.25) is 5.02 Å². The molecule has 5 nitrogen and oxygen atoms in total. The lowest BCUT2D eigenvalue weighted by molar-refractivity contribution is 0.543. The third kappa shape index (κ3) is 4.16. The van der Waals surface area contributed by atoms with Gasteiger partial charge >= 0.3 is 0 Å². The summed E-state index contributed by atoms with van der Waals surface area (Å²) in [7, 11) is -3.98. The van der Waals surface area contributed by atoms with Gasteiger partial charge in [0.2, 0.25) is 26.6 Å². The summed E-state index contributed by atoms with van der Waals surface area (Å²) in [6.45, 7) is 1.39. The van der Waals surface area contributed by atoms with E-state index in [1.165, 1.54) is 12.1 Å². The highest BCUT2D eigenvalue weighted by Gasteiger charge is 2.31. The molecule has 0 aliphatic carbocycles. The Bertz CT molecular complexity index is 1090. The molecule has 0 spiro atoms. The zero-order valence-corrected chi connectivity index (χ0v) is 17.2. The average molecular weight is 435 g/mol. The molecule has 152 valence electrons. The van der Waals surface area contributed by atoms with Crippen LogP contribution in [0.25, 0.3) is 11.5 Å². The summed E-state index contributed by atoms with van der Waals surface area (Å²) in [6, 6.07) is 11.6. The standard InChI is InChI=1S/C21H20ClFN2O3S/c22-16-7-5-15(6-8-16)19-24-20(21(28-19)25-13-3-1-2-4-14-25)29(26,27)18-11-9-17(23)10-12-18/h5-12H,1-4,13-14H2. The average Bonchev–Trinajstić information content (AvgIpc) is 2.99. The minimum absolute atomic E-state index is 0.0223. The van der Waals surface area contributed by atoms with Crippen LogP contribution in [-0.4, -0.2) is 26.5 Å². The summed E-state index contributed by atoms with van der Waals surface area (Å²) in [6.07, 6.45) is 4.09. The first-order chi connectivity index (χ1) is 13.9. The normalized spacial score (nSPS) is 15.3. The van der Waals surface area contributed by atoms with E-state index >= 15 is 0 Å². The van der Waals surface area contributed by atoms with Crippen molar-refractivity contribution in [1.82, 2.24) is 4.98 Å². The van der Waals surface area contributed by atoms with E-state index in [9.17, 15) is 12.8 Å². The predicted molar refractivity (Wildman–Crippen MR) is 109 cm³/mol. The fourth-order valence-corrected chi connectivity index (χ4v) is 4.84. The lowest BCUT2D eigenvalue weighted by Gasteiger charge is -2.20. The number of oxazole rings is 1. The van der Waals surface area contributed by atoms with Crippen LogP contribution in [0, 0.1) is 5.82 Å². The van der Waals surface area contributed by atoms with Crippen LogP contribution in [0.4, 0.5) is 10.3 Å². The fourth-order valence-electron chi connectivity index (χ4n) is 3.39. The molecule has 1 aliphatic rings. The second-order valence-electron chi connectivity index (χ2n) is 6.99. The smallest absolute Gasteiger partial charge is 0.236 e. The number of aromatic nitrogens is 1. The first kappa shape index (κ1) is 19.9. The van der Waals surface area contributed by atoms with Crippen LogP contribution in [0.15, 0.2) is 62.9 Å². The van der Waals surface area contributed by atoms with Gasteiger partial charge in [-0.25, -0.2) is 12.8 Å². The summed E-state index contributed by atoms with van der Waals surface area (Å²) < 4.78 is 45.9. The maximum absolute atomic E-state index is 13.3. The highest BCUT2D eigenvalue weighted by molar-refractivity contribution is 7.91. The number of sulfone groups is 1. The molecule has 8 heteroatoms. The van der Waals surface area contributed by atoms with Gasteiger partial charge in [-0.15, -0.1) is 0 Å². The van der Waals surface area contributed by atoms with Gasteiger partial charge in [0.1, 0.15) is 5.82 Å². The molecule has 0 atom stereocenters. The van der Waals surface area contributed by atoms with Crippen LogP contribution >= 0.6 is 11.6 Å². The van der Waals surface area contributed by atoms with E-state index in [4.69, 9.17) is 16.0 Å². The molecule has 1 aromatic heterocycles. The van der Waals surface area contributed by atoms with Crippen molar-refractivity contribution in [3.63, 3.8) is 0 Å². The Morgan fingerprint density at radius 1 is 0.931 bits per heavy atom. The first-order valence-electron chi connectivity index (χ1n) is 9.47. The van der Waals surface area contributed by atoms with Crippen LogP contribution in [-0.2, 0) is 9.84 Å². The summed E-state index contributed by atoms with van der Waals surface area (Å²) >= 11 is 5.96. The number of nitrogens with zero attached hydrogens (tertiary/aromatic N) is 2. The van der Waals surface area contributed by atoms with Gasteiger partial charge in [-0.05, 0) is 61.4 Å². The minimum Gasteiger partial charge on any atom is -0.419 e. The Hall–Kier alpha value is -2.38. The molecule has 0 radical (unpaired) electrons. The van der Waals surface area contributed by atoms with Crippen LogP contribution in [0.1, 0.15) is 25.7 Å². The van der Waals surface area contributed by atoms with Crippen LogP contribution in [0.5, 0.6) is 0 Å². The van der Waals surface area contributed by atoms with Crippen molar-refractivity contribution in [1.29, 1.82) is 0 Å². The van der Waals surface area contributed by atoms with Crippen molar-refractivity contribution in [2.75, 3.05) is 18.0 Å². The minimum atomic E-state index is -3.98. The van der Waals surface area contributed by atoms with Crippen molar-refractivity contribution < 1.29 is 17.2 Å². The topological polar surface area (TPSA) is 63.4 Å². The third-order valence-corrected chi connectivity index (χ3v) is 6.86. The van der Waals surface area contributed by atoms with E-state index in [2.05, 4.69) is 4.98 Å². The van der Waals surface area contributed by atoms with E-state index in [-0.39, 0.29) is 21.7 Å². The molecule has 2 heterocycles. The Labute approximate surface area is 174 Å². The number of benzene rings is 2. The maximum Gasteiger partial charge on any atom is 0.236 e. The molecule has 0 N–H and O–H groups in total. The monoisotopic (exact) mass is 434 g/mol. The second-order valence-corrected chi connectivity index (χ2v) is 9.30. The van der Waals surface area contributed by atoms with E-state index in [0.717, 1.165) is 37.8 Å². The second kappa shape index (κ2) is 8.16. The molecule has 3 aromatic rings. The fraction of sp³-hybridized carbons (Fsp3) is 0.286. The number of hydrogen-bond acceptors (Lipinski definition) is 5. The highest BCUT2D eigenvalue weighted by Crippen LogP contribution is 2.36. The summed E-state index contributed by atoms with van der Waals surface area (Å²) in [5.74, 6) is -0.0542. The van der Waals surface area contributed by atoms with Gasteiger partial charge in [-0.3, -0.25) is 0 Å². The highest BCUT2D eigenvalue weighted by atomic mass is 35.5. The molecular weight excluding hydrogens is 415 g/mol. The Balaban J connectivity index is 1.83. The van der Waals surface area contributed by atoms with Gasteiger partial charge in [0.15, 0.2) is 0 Å². The quantitative estimate of drug-likeness (QED) is 0.518. The van der Waals surface area contributed by atoms with E-state index < -0.39 is 15.7 Å². The van der Waals surface area contributed by atoms with Crippen molar-refractivity contribution in [2.45, 2.75) is 35.6 Å². The van der Waals surface area contributed by atoms with E-state index in [1.807, 2.05) is 4.90 Å². The van der Waals surface area contributed by atoms with Gasteiger partial charge in [0.05, 0.1) is 4.90 Å². The Morgan fingerprint density at radius 2 is 1.55 bits per heavy atom. The lowest BCUT2D eigenvalue weighted by atomic mass is 10.2. The molecule has 1 fully saturated rings. The first-order valence-corrected chi connectivity index (χ1v) is 11.3. The summed E-state index contributed by atoms with van der Waals surface area (Å²) in [5, 5.41) is 0.420. The molecule has 0 amide bonds. The van der Waals surface area contributed by atoms with E-state index in [1.54, 1.807) is 24.3 Å². The molecular formula is C21H20ClFN2O3S. The molecule has 0 saturated carbocycles. The molecule has 2 aromatic carbocycles. The van der Waals surface area contributed by atoms with Crippen molar-refractivity contribution in [3.8, 4) is 11.5 Å². The number of anilines is 1. The largest absolute Gasteiger partial charge is 0.419 e. The van der Waals surface area contributed by atoms with Crippen LogP contribution in [0.3, 0.4) is 0 Å². The zero-order chi connectivity index (χ0) is 20.4. The molecule has 0 bridgehead atoms. The van der Waals surface area contributed by atoms with Gasteiger partial charge in [0.25, 0.3) is 0 Å². The maximum atomic E-state index is 13.3. The van der Waals surface area contributed by atoms with Crippen molar-refractivity contribution in [3.05, 3.63) is 59.4 Å². The number of rotatable bonds is 4. The molecule has 0 unspecified atom stereocenters. The van der Waals surface area contributed by atoms with Crippen molar-refractivity contribution in [2.24, 2.45) is 0 Å². The van der Waals surface area contributed by atoms with Gasteiger partial charge in [0, 0.05) is 23.7 Å². The Kier molecular flexibility index (Phi) is 5.61. The Morgan fingerprint density at radius 3 is 2.17 bits per heavy atom. The summed E-state index contributed by atoms with van der Waals surface area (Å²) in [4.78, 5) is 6.27. The van der Waals surface area contributed by atoms with Crippen molar-refractivity contribution >= 4 is 27.3 Å². The lowest BCUT2D eigenvalue weighted by Crippen LogP contribution is -2.25. The third-order valence-electron chi connectivity index (χ3n) is 4.94. The molecule has 1 saturated heterocycles.